The Morgan fingerprint density at radius 3 is 2.46 bits per heavy atom. The number of hydrogen-bond donors (Lipinski definition) is 2. The van der Waals surface area contributed by atoms with Crippen molar-refractivity contribution >= 4 is 40.3 Å². The highest BCUT2D eigenvalue weighted by molar-refractivity contribution is 6.31. The molecule has 0 radical (unpaired) electrons. The Bertz CT molecular complexity index is 974. The number of rotatable bonds is 6. The third-order valence-electron chi connectivity index (χ3n) is 4.08. The lowest BCUT2D eigenvalue weighted by Crippen LogP contribution is -2.13. The van der Waals surface area contributed by atoms with Crippen LogP contribution in [0.4, 0.5) is 22.7 Å². The zero-order chi connectivity index (χ0) is 20.1. The molecule has 3 rings (SSSR count). The van der Waals surface area contributed by atoms with Crippen LogP contribution in [0, 0.1) is 0 Å². The molecule has 28 heavy (non-hydrogen) atoms. The quantitative estimate of drug-likeness (QED) is 0.626. The Morgan fingerprint density at radius 1 is 1.04 bits per heavy atom. The minimum atomic E-state index is -0.244. The number of nitrogens with zero attached hydrogens (tertiary/aromatic N) is 2. The van der Waals surface area contributed by atoms with Crippen molar-refractivity contribution < 1.29 is 9.53 Å². The number of anilines is 4. The number of halogens is 1. The lowest BCUT2D eigenvalue weighted by molar-refractivity contribution is 0.102. The predicted molar refractivity (Wildman–Crippen MR) is 114 cm³/mol. The van der Waals surface area contributed by atoms with E-state index in [1.165, 1.54) is 6.20 Å². The van der Waals surface area contributed by atoms with E-state index >= 15 is 0 Å². The molecule has 1 amide bonds. The molecule has 0 aliphatic carbocycles. The Hall–Kier alpha value is -3.25. The minimum Gasteiger partial charge on any atom is -0.495 e. The average Bonchev–Trinajstić information content (AvgIpc) is 2.69. The van der Waals surface area contributed by atoms with Gasteiger partial charge in [-0.2, -0.15) is 0 Å². The van der Waals surface area contributed by atoms with Crippen LogP contribution in [-0.4, -0.2) is 32.1 Å². The van der Waals surface area contributed by atoms with Gasteiger partial charge in [0.25, 0.3) is 5.91 Å². The summed E-state index contributed by atoms with van der Waals surface area (Å²) in [5.74, 6) is 0.395. The van der Waals surface area contributed by atoms with Gasteiger partial charge in [-0.25, -0.2) is 0 Å². The smallest absolute Gasteiger partial charge is 0.257 e. The van der Waals surface area contributed by atoms with Gasteiger partial charge >= 0.3 is 0 Å². The van der Waals surface area contributed by atoms with Gasteiger partial charge < -0.3 is 20.3 Å². The van der Waals surface area contributed by atoms with Crippen LogP contribution < -0.4 is 20.3 Å². The largest absolute Gasteiger partial charge is 0.495 e. The van der Waals surface area contributed by atoms with Crippen LogP contribution in [-0.2, 0) is 0 Å². The first-order valence-electron chi connectivity index (χ1n) is 8.60. The van der Waals surface area contributed by atoms with Gasteiger partial charge in [0.15, 0.2) is 0 Å². The average molecular weight is 397 g/mol. The summed E-state index contributed by atoms with van der Waals surface area (Å²) in [5.41, 5.74) is 3.54. The minimum absolute atomic E-state index is 0.244. The maximum atomic E-state index is 12.6. The van der Waals surface area contributed by atoms with E-state index in [4.69, 9.17) is 16.3 Å². The van der Waals surface area contributed by atoms with E-state index in [1.807, 2.05) is 43.3 Å². The fourth-order valence-electron chi connectivity index (χ4n) is 2.61. The molecule has 1 aromatic heterocycles. The number of benzene rings is 2. The molecule has 1 heterocycles. The molecule has 2 aromatic carbocycles. The highest BCUT2D eigenvalue weighted by Crippen LogP contribution is 2.30. The van der Waals surface area contributed by atoms with Crippen molar-refractivity contribution in [2.75, 3.05) is 36.7 Å². The highest BCUT2D eigenvalue weighted by Gasteiger charge is 2.10. The molecule has 0 saturated carbocycles. The Balaban J connectivity index is 1.75. The fraction of sp³-hybridized carbons (Fsp3) is 0.143. The highest BCUT2D eigenvalue weighted by atomic mass is 35.5. The standard InChI is InChI=1S/C21H21ClN4O2/c1-26(2)18-7-5-16(6-8-18)25-21(27)14-10-17(13-23-12-14)24-19-11-15(22)4-9-20(19)28-3/h4-13,24H,1-3H3,(H,25,27). The summed E-state index contributed by atoms with van der Waals surface area (Å²) >= 11 is 6.06. The van der Waals surface area contributed by atoms with Gasteiger partial charge in [0.05, 0.1) is 30.2 Å². The summed E-state index contributed by atoms with van der Waals surface area (Å²) in [6, 6.07) is 14.6. The van der Waals surface area contributed by atoms with Crippen LogP contribution >= 0.6 is 11.6 Å². The van der Waals surface area contributed by atoms with Crippen LogP contribution in [0.2, 0.25) is 5.02 Å². The first-order valence-corrected chi connectivity index (χ1v) is 8.98. The molecule has 0 fully saturated rings. The number of aromatic nitrogens is 1. The SMILES string of the molecule is COc1ccc(Cl)cc1Nc1cncc(C(=O)Nc2ccc(N(C)C)cc2)c1. The van der Waals surface area contributed by atoms with E-state index < -0.39 is 0 Å². The molecule has 0 unspecified atom stereocenters. The van der Waals surface area contributed by atoms with Gasteiger partial charge in [0.2, 0.25) is 0 Å². The van der Waals surface area contributed by atoms with Crippen molar-refractivity contribution in [2.24, 2.45) is 0 Å². The lowest BCUT2D eigenvalue weighted by atomic mass is 10.2. The van der Waals surface area contributed by atoms with E-state index in [9.17, 15) is 4.79 Å². The first kappa shape index (κ1) is 19.5. The van der Waals surface area contributed by atoms with Crippen LogP contribution in [0.1, 0.15) is 10.4 Å². The number of nitrogens with one attached hydrogen (secondary N) is 2. The molecule has 0 aliphatic rings. The molecule has 144 valence electrons. The van der Waals surface area contributed by atoms with E-state index in [1.54, 1.807) is 37.6 Å². The summed E-state index contributed by atoms with van der Waals surface area (Å²) in [4.78, 5) is 18.7. The zero-order valence-corrected chi connectivity index (χ0v) is 16.6. The summed E-state index contributed by atoms with van der Waals surface area (Å²) < 4.78 is 5.33. The number of hydrogen-bond acceptors (Lipinski definition) is 5. The second-order valence-electron chi connectivity index (χ2n) is 6.33. The molecule has 0 atom stereocenters. The first-order chi connectivity index (χ1) is 13.5. The second kappa shape index (κ2) is 8.63. The Labute approximate surface area is 169 Å². The van der Waals surface area contributed by atoms with Crippen molar-refractivity contribution in [1.82, 2.24) is 4.98 Å². The van der Waals surface area contributed by atoms with Gasteiger partial charge in [-0.05, 0) is 48.5 Å². The van der Waals surface area contributed by atoms with Gasteiger partial charge in [-0.15, -0.1) is 0 Å². The summed E-state index contributed by atoms with van der Waals surface area (Å²) in [6.07, 6.45) is 3.15. The van der Waals surface area contributed by atoms with Crippen molar-refractivity contribution in [2.45, 2.75) is 0 Å². The molecule has 0 saturated heterocycles. The van der Waals surface area contributed by atoms with Gasteiger partial charge in [0, 0.05) is 36.7 Å². The summed E-state index contributed by atoms with van der Waals surface area (Å²) in [5, 5.41) is 6.64. The summed E-state index contributed by atoms with van der Waals surface area (Å²) in [6.45, 7) is 0. The van der Waals surface area contributed by atoms with Crippen molar-refractivity contribution in [3.63, 3.8) is 0 Å². The molecule has 6 nitrogen and oxygen atoms in total. The third-order valence-corrected chi connectivity index (χ3v) is 4.32. The van der Waals surface area contributed by atoms with Gasteiger partial charge in [-0.3, -0.25) is 9.78 Å². The van der Waals surface area contributed by atoms with E-state index in [-0.39, 0.29) is 5.91 Å². The van der Waals surface area contributed by atoms with Crippen LogP contribution in [0.25, 0.3) is 0 Å². The molecule has 3 aromatic rings. The Kier molecular flexibility index (Phi) is 6.01. The molecule has 2 N–H and O–H groups in total. The topological polar surface area (TPSA) is 66.5 Å². The molecular formula is C21H21ClN4O2. The molecule has 0 spiro atoms. The van der Waals surface area contributed by atoms with Crippen molar-refractivity contribution in [1.29, 1.82) is 0 Å². The number of carbonyl (C=O) groups is 1. The van der Waals surface area contributed by atoms with Crippen LogP contribution in [0.15, 0.2) is 60.9 Å². The monoisotopic (exact) mass is 396 g/mol. The van der Waals surface area contributed by atoms with E-state index in [2.05, 4.69) is 15.6 Å². The number of pyridine rings is 1. The van der Waals surface area contributed by atoms with E-state index in [0.717, 1.165) is 5.69 Å². The number of ether oxygens (including phenoxy) is 1. The number of amides is 1. The van der Waals surface area contributed by atoms with Crippen LogP contribution in [0.5, 0.6) is 5.75 Å². The number of carbonyl (C=O) groups excluding carboxylic acids is 1. The maximum Gasteiger partial charge on any atom is 0.257 e. The van der Waals surface area contributed by atoms with Crippen LogP contribution in [0.3, 0.4) is 0 Å². The lowest BCUT2D eigenvalue weighted by Gasteiger charge is -2.13. The molecule has 7 heteroatoms. The summed E-state index contributed by atoms with van der Waals surface area (Å²) in [7, 11) is 5.51. The number of methoxy groups -OCH3 is 1. The fourth-order valence-corrected chi connectivity index (χ4v) is 2.78. The van der Waals surface area contributed by atoms with Gasteiger partial charge in [0.1, 0.15) is 5.75 Å². The molecule has 0 bridgehead atoms. The molecule has 0 aliphatic heterocycles. The second-order valence-corrected chi connectivity index (χ2v) is 6.76. The third kappa shape index (κ3) is 4.72. The molecular weight excluding hydrogens is 376 g/mol. The van der Waals surface area contributed by atoms with Crippen molar-refractivity contribution in [3.8, 4) is 5.75 Å². The normalized spacial score (nSPS) is 10.3. The zero-order valence-electron chi connectivity index (χ0n) is 15.9. The predicted octanol–water partition coefficient (Wildman–Crippen LogP) is 4.81. The maximum absolute atomic E-state index is 12.6. The van der Waals surface area contributed by atoms with E-state index in [0.29, 0.717) is 33.4 Å². The Morgan fingerprint density at radius 2 is 1.79 bits per heavy atom. The van der Waals surface area contributed by atoms with Gasteiger partial charge in [-0.1, -0.05) is 11.6 Å². The van der Waals surface area contributed by atoms with Crippen molar-refractivity contribution in [3.05, 3.63) is 71.5 Å².